The molecule has 0 bridgehead atoms. The zero-order valence-electron chi connectivity index (χ0n) is 14.5. The molecule has 0 saturated carbocycles. The van der Waals surface area contributed by atoms with Crippen molar-refractivity contribution >= 4 is 17.2 Å². The number of rotatable bonds is 3. The molecule has 26 heavy (non-hydrogen) atoms. The molecule has 3 heterocycles. The molecule has 3 aromatic rings. The predicted molar refractivity (Wildman–Crippen MR) is 101 cm³/mol. The zero-order valence-corrected chi connectivity index (χ0v) is 15.4. The van der Waals surface area contributed by atoms with Crippen LogP contribution in [0.15, 0.2) is 52.6 Å². The second kappa shape index (κ2) is 6.92. The highest BCUT2D eigenvalue weighted by Gasteiger charge is 2.29. The summed E-state index contributed by atoms with van der Waals surface area (Å²) in [5, 5.41) is 6.42. The number of likely N-dealkylation sites (tertiary alicyclic amines) is 1. The smallest absolute Gasteiger partial charge is 0.338 e. The number of amides is 1. The third-order valence-corrected chi connectivity index (χ3v) is 5.70. The lowest BCUT2D eigenvalue weighted by molar-refractivity contribution is 0.0715. The van der Waals surface area contributed by atoms with Crippen molar-refractivity contribution in [1.82, 2.24) is 19.2 Å². The Hall–Kier alpha value is -2.67. The number of benzene rings is 1. The average Bonchev–Trinajstić information content (AvgIpc) is 3.31. The van der Waals surface area contributed by atoms with Gasteiger partial charge in [0.25, 0.3) is 5.91 Å². The topological polar surface area (TPSA) is 60.1 Å². The molecule has 6 nitrogen and oxygen atoms in total. The van der Waals surface area contributed by atoms with E-state index in [2.05, 4.69) is 5.10 Å². The van der Waals surface area contributed by atoms with E-state index in [9.17, 15) is 9.59 Å². The zero-order chi connectivity index (χ0) is 18.1. The number of hydrogen-bond acceptors (Lipinski definition) is 4. The molecule has 1 amide bonds. The first kappa shape index (κ1) is 16.8. The largest absolute Gasteiger partial charge is 0.350 e. The van der Waals surface area contributed by atoms with Gasteiger partial charge in [-0.25, -0.2) is 14.0 Å². The molecule has 0 atom stereocenters. The fraction of sp³-hybridized carbons (Fsp3) is 0.316. The fourth-order valence-electron chi connectivity index (χ4n) is 3.46. The summed E-state index contributed by atoms with van der Waals surface area (Å²) >= 11 is 1.47. The summed E-state index contributed by atoms with van der Waals surface area (Å²) in [5.74, 6) is 1.04. The van der Waals surface area contributed by atoms with Gasteiger partial charge >= 0.3 is 5.69 Å². The fourth-order valence-corrected chi connectivity index (χ4v) is 4.16. The van der Waals surface area contributed by atoms with Gasteiger partial charge in [-0.15, -0.1) is 11.3 Å². The summed E-state index contributed by atoms with van der Waals surface area (Å²) in [4.78, 5) is 27.8. The number of carbonyl (C=O) groups is 1. The SMILES string of the molecule is Cn1nc(C2CCN(C(=O)c3cccs3)CC2)n(-c2ccccc2)c1=O. The minimum absolute atomic E-state index is 0.0971. The molecule has 0 N–H and O–H groups in total. The van der Waals surface area contributed by atoms with Gasteiger partial charge in [-0.1, -0.05) is 24.3 Å². The number of nitrogens with zero attached hydrogens (tertiary/aromatic N) is 4. The summed E-state index contributed by atoms with van der Waals surface area (Å²) < 4.78 is 3.09. The molecule has 0 aliphatic carbocycles. The summed E-state index contributed by atoms with van der Waals surface area (Å²) in [5.41, 5.74) is 0.695. The quantitative estimate of drug-likeness (QED) is 0.714. The van der Waals surface area contributed by atoms with Crippen LogP contribution in [0.3, 0.4) is 0 Å². The Morgan fingerprint density at radius 3 is 2.50 bits per heavy atom. The van der Waals surface area contributed by atoms with E-state index in [1.165, 1.54) is 16.0 Å². The number of thiophene rings is 1. The van der Waals surface area contributed by atoms with E-state index in [1.54, 1.807) is 11.6 Å². The van der Waals surface area contributed by atoms with Crippen molar-refractivity contribution in [3.8, 4) is 5.69 Å². The van der Waals surface area contributed by atoms with E-state index in [0.717, 1.165) is 29.2 Å². The highest BCUT2D eigenvalue weighted by Crippen LogP contribution is 2.28. The maximum atomic E-state index is 12.6. The number of para-hydroxylation sites is 1. The maximum absolute atomic E-state index is 12.6. The lowest BCUT2D eigenvalue weighted by Crippen LogP contribution is -2.38. The number of aromatic nitrogens is 3. The van der Waals surface area contributed by atoms with Crippen LogP contribution in [0.5, 0.6) is 0 Å². The van der Waals surface area contributed by atoms with Crippen molar-refractivity contribution in [2.75, 3.05) is 13.1 Å². The van der Waals surface area contributed by atoms with Gasteiger partial charge < -0.3 is 4.90 Å². The van der Waals surface area contributed by atoms with E-state index >= 15 is 0 Å². The number of aryl methyl sites for hydroxylation is 1. The first-order chi connectivity index (χ1) is 12.6. The maximum Gasteiger partial charge on any atom is 0.350 e. The van der Waals surface area contributed by atoms with Crippen LogP contribution in [0, 0.1) is 0 Å². The molecule has 1 saturated heterocycles. The number of piperidine rings is 1. The Morgan fingerprint density at radius 1 is 1.12 bits per heavy atom. The number of carbonyl (C=O) groups excluding carboxylic acids is 1. The Kier molecular flexibility index (Phi) is 4.46. The molecule has 1 aliphatic rings. The molecule has 1 fully saturated rings. The van der Waals surface area contributed by atoms with Crippen LogP contribution in [0.2, 0.25) is 0 Å². The van der Waals surface area contributed by atoms with Gasteiger partial charge in [-0.2, -0.15) is 5.10 Å². The van der Waals surface area contributed by atoms with E-state index in [4.69, 9.17) is 0 Å². The molecule has 7 heteroatoms. The standard InChI is InChI=1S/C19H20N4O2S/c1-21-19(25)23(15-6-3-2-4-7-15)17(20-21)14-9-11-22(12-10-14)18(24)16-8-5-13-26-16/h2-8,13-14H,9-12H2,1H3. The molecule has 0 spiro atoms. The summed E-state index contributed by atoms with van der Waals surface area (Å²) in [6.07, 6.45) is 1.61. The Morgan fingerprint density at radius 2 is 1.85 bits per heavy atom. The van der Waals surface area contributed by atoms with Crippen LogP contribution in [0.25, 0.3) is 5.69 Å². The first-order valence-corrected chi connectivity index (χ1v) is 9.57. The van der Waals surface area contributed by atoms with Crippen molar-refractivity contribution < 1.29 is 4.79 Å². The van der Waals surface area contributed by atoms with Gasteiger partial charge in [-0.3, -0.25) is 4.79 Å². The van der Waals surface area contributed by atoms with Gasteiger partial charge in [0.15, 0.2) is 0 Å². The van der Waals surface area contributed by atoms with Crippen LogP contribution >= 0.6 is 11.3 Å². The average molecular weight is 368 g/mol. The van der Waals surface area contributed by atoms with Crippen LogP contribution in [-0.2, 0) is 7.05 Å². The van der Waals surface area contributed by atoms with E-state index in [-0.39, 0.29) is 17.5 Å². The highest BCUT2D eigenvalue weighted by molar-refractivity contribution is 7.12. The van der Waals surface area contributed by atoms with E-state index in [1.807, 2.05) is 52.7 Å². The number of hydrogen-bond donors (Lipinski definition) is 0. The molecule has 4 rings (SSSR count). The Balaban J connectivity index is 1.56. The third-order valence-electron chi connectivity index (χ3n) is 4.84. The summed E-state index contributed by atoms with van der Waals surface area (Å²) in [6.45, 7) is 1.36. The van der Waals surface area contributed by atoms with Crippen LogP contribution in [0.1, 0.15) is 34.3 Å². The highest BCUT2D eigenvalue weighted by atomic mass is 32.1. The summed E-state index contributed by atoms with van der Waals surface area (Å²) in [7, 11) is 1.68. The van der Waals surface area contributed by atoms with Crippen molar-refractivity contribution in [1.29, 1.82) is 0 Å². The Bertz CT molecular complexity index is 951. The molecule has 1 aromatic carbocycles. The lowest BCUT2D eigenvalue weighted by atomic mass is 9.95. The lowest BCUT2D eigenvalue weighted by Gasteiger charge is -2.31. The molecule has 134 valence electrons. The van der Waals surface area contributed by atoms with Crippen LogP contribution in [0.4, 0.5) is 0 Å². The summed E-state index contributed by atoms with van der Waals surface area (Å²) in [6, 6.07) is 13.4. The van der Waals surface area contributed by atoms with Gasteiger partial charge in [0.2, 0.25) is 0 Å². The van der Waals surface area contributed by atoms with E-state index < -0.39 is 0 Å². The molecule has 1 aliphatic heterocycles. The predicted octanol–water partition coefficient (Wildman–Crippen LogP) is 2.65. The van der Waals surface area contributed by atoms with Gasteiger partial charge in [0.05, 0.1) is 10.6 Å². The van der Waals surface area contributed by atoms with Gasteiger partial charge in [0, 0.05) is 26.1 Å². The minimum atomic E-state index is -0.136. The minimum Gasteiger partial charge on any atom is -0.338 e. The molecular weight excluding hydrogens is 348 g/mol. The van der Waals surface area contributed by atoms with Crippen molar-refractivity contribution in [2.24, 2.45) is 7.05 Å². The normalized spacial score (nSPS) is 15.3. The van der Waals surface area contributed by atoms with Crippen molar-refractivity contribution in [3.63, 3.8) is 0 Å². The van der Waals surface area contributed by atoms with Gasteiger partial charge in [0.1, 0.15) is 5.82 Å². The molecular formula is C19H20N4O2S. The molecule has 2 aromatic heterocycles. The van der Waals surface area contributed by atoms with Crippen LogP contribution < -0.4 is 5.69 Å². The molecule has 0 unspecified atom stereocenters. The van der Waals surface area contributed by atoms with Crippen molar-refractivity contribution in [2.45, 2.75) is 18.8 Å². The van der Waals surface area contributed by atoms with E-state index in [0.29, 0.717) is 13.1 Å². The van der Waals surface area contributed by atoms with Gasteiger partial charge in [-0.05, 0) is 36.4 Å². The Labute approximate surface area is 155 Å². The molecule has 0 radical (unpaired) electrons. The monoisotopic (exact) mass is 368 g/mol. The third kappa shape index (κ3) is 2.99. The van der Waals surface area contributed by atoms with Crippen molar-refractivity contribution in [3.05, 3.63) is 69.0 Å². The second-order valence-corrected chi connectivity index (χ2v) is 7.43. The second-order valence-electron chi connectivity index (χ2n) is 6.48. The van der Waals surface area contributed by atoms with Crippen LogP contribution in [-0.4, -0.2) is 38.2 Å². The first-order valence-electron chi connectivity index (χ1n) is 8.69.